The quantitative estimate of drug-likeness (QED) is 0.830. The normalized spacial score (nSPS) is 22.6. The van der Waals surface area contributed by atoms with Gasteiger partial charge in [-0.2, -0.15) is 0 Å². The van der Waals surface area contributed by atoms with E-state index in [9.17, 15) is 13.6 Å². The number of carbonyl (C=O) groups is 1. The summed E-state index contributed by atoms with van der Waals surface area (Å²) in [6.45, 7) is 1.74. The first kappa shape index (κ1) is 17.7. The van der Waals surface area contributed by atoms with Crippen LogP contribution in [0.4, 0.5) is 13.6 Å². The van der Waals surface area contributed by atoms with E-state index >= 15 is 0 Å². The van der Waals surface area contributed by atoms with Gasteiger partial charge in [-0.15, -0.1) is 0 Å². The second-order valence-electron chi connectivity index (χ2n) is 6.04. The zero-order valence-electron chi connectivity index (χ0n) is 13.3. The van der Waals surface area contributed by atoms with Gasteiger partial charge >= 0.3 is 6.09 Å². The Bertz CT molecular complexity index is 487. The van der Waals surface area contributed by atoms with Crippen molar-refractivity contribution in [3.63, 3.8) is 0 Å². The first-order valence-corrected chi connectivity index (χ1v) is 8.06. The van der Waals surface area contributed by atoms with Crippen molar-refractivity contribution < 1.29 is 21.2 Å². The fourth-order valence-electron chi connectivity index (χ4n) is 2.78. The second-order valence-corrected chi connectivity index (χ2v) is 6.04. The maximum absolute atomic E-state index is 12.5. The molecule has 1 saturated carbocycles. The minimum absolute atomic E-state index is 0. The number of carbonyl (C=O) groups excluding carboxylic acids is 1. The molecule has 0 saturated heterocycles. The molecule has 0 radical (unpaired) electrons. The first-order valence-electron chi connectivity index (χ1n) is 8.06. The molecule has 1 unspecified atom stereocenters. The number of hydrogen-bond donors (Lipinski definition) is 2. The predicted molar refractivity (Wildman–Crippen MR) is 88.6 cm³/mol. The standard InChI is InChI=1S/C17H24F2N2O2.2H2/c1-12(16(18)19)20-14-7-9-15(10-8-14)21-17(22)23-11-13-5-3-2-4-6-13;;/h2-6,12,14-16,20H,7-11H2,1H3,(H,21,22);2*1H. The number of hydrogen-bond acceptors (Lipinski definition) is 3. The molecule has 2 N–H and O–H groups in total. The van der Waals surface area contributed by atoms with Gasteiger partial charge in [-0.25, -0.2) is 13.6 Å². The van der Waals surface area contributed by atoms with E-state index in [4.69, 9.17) is 4.74 Å². The molecule has 4 nitrogen and oxygen atoms in total. The third-order valence-electron chi connectivity index (χ3n) is 4.14. The molecule has 0 aromatic heterocycles. The molecule has 23 heavy (non-hydrogen) atoms. The number of alkyl carbamates (subject to hydrolysis) is 1. The molecule has 1 aromatic rings. The predicted octanol–water partition coefficient (Wildman–Crippen LogP) is 3.96. The summed E-state index contributed by atoms with van der Waals surface area (Å²) in [5, 5.41) is 5.79. The number of benzene rings is 1. The van der Waals surface area contributed by atoms with Crippen molar-refractivity contribution in [1.82, 2.24) is 10.6 Å². The van der Waals surface area contributed by atoms with E-state index in [2.05, 4.69) is 10.6 Å². The number of amides is 1. The SMILES string of the molecule is CC(NC1CCC(NC(=O)OCc2ccccc2)CC1)C(F)F.[HH].[HH]. The summed E-state index contributed by atoms with van der Waals surface area (Å²) in [7, 11) is 0. The number of nitrogens with one attached hydrogen (secondary N) is 2. The maximum atomic E-state index is 12.5. The lowest BCUT2D eigenvalue weighted by Crippen LogP contribution is -2.46. The van der Waals surface area contributed by atoms with E-state index in [1.54, 1.807) is 0 Å². The molecule has 1 amide bonds. The van der Waals surface area contributed by atoms with Crippen LogP contribution in [0.5, 0.6) is 0 Å². The fourth-order valence-corrected chi connectivity index (χ4v) is 2.78. The molecule has 2 rings (SSSR count). The highest BCUT2D eigenvalue weighted by atomic mass is 19.3. The highest BCUT2D eigenvalue weighted by Crippen LogP contribution is 2.20. The van der Waals surface area contributed by atoms with Gasteiger partial charge in [0.25, 0.3) is 6.43 Å². The lowest BCUT2D eigenvalue weighted by molar-refractivity contribution is 0.0944. The first-order chi connectivity index (χ1) is 11.0. The van der Waals surface area contributed by atoms with Crippen LogP contribution in [0.2, 0.25) is 0 Å². The van der Waals surface area contributed by atoms with Crippen LogP contribution in [0.3, 0.4) is 0 Å². The third kappa shape index (κ3) is 6.14. The Kier molecular flexibility index (Phi) is 6.77. The van der Waals surface area contributed by atoms with E-state index in [1.807, 2.05) is 30.3 Å². The molecule has 1 atom stereocenters. The molecule has 0 aliphatic heterocycles. The molecule has 6 heteroatoms. The van der Waals surface area contributed by atoms with E-state index in [0.29, 0.717) is 0 Å². The van der Waals surface area contributed by atoms with Crippen LogP contribution in [0.1, 0.15) is 41.0 Å². The van der Waals surface area contributed by atoms with E-state index < -0.39 is 18.6 Å². The van der Waals surface area contributed by atoms with Gasteiger partial charge in [0.1, 0.15) is 6.61 Å². The Hall–Kier alpha value is -1.69. The van der Waals surface area contributed by atoms with Crippen molar-refractivity contribution in [2.45, 2.75) is 63.8 Å². The number of ether oxygens (including phenoxy) is 1. The van der Waals surface area contributed by atoms with Gasteiger partial charge in [-0.1, -0.05) is 30.3 Å². The molecular weight excluding hydrogens is 302 g/mol. The van der Waals surface area contributed by atoms with Crippen molar-refractivity contribution in [3.05, 3.63) is 35.9 Å². The summed E-state index contributed by atoms with van der Waals surface area (Å²) in [5.41, 5.74) is 0.941. The lowest BCUT2D eigenvalue weighted by atomic mass is 9.91. The van der Waals surface area contributed by atoms with E-state index in [-0.39, 0.29) is 21.5 Å². The molecule has 1 aromatic carbocycles. The largest absolute Gasteiger partial charge is 0.445 e. The van der Waals surface area contributed by atoms with Gasteiger partial charge < -0.3 is 15.4 Å². The van der Waals surface area contributed by atoms with Crippen LogP contribution in [0.15, 0.2) is 30.3 Å². The summed E-state index contributed by atoms with van der Waals surface area (Å²) in [4.78, 5) is 11.8. The molecule has 0 heterocycles. The number of halogens is 2. The van der Waals surface area contributed by atoms with Gasteiger partial charge in [0, 0.05) is 14.9 Å². The van der Waals surface area contributed by atoms with Gasteiger partial charge in [0.2, 0.25) is 0 Å². The molecule has 1 aliphatic carbocycles. The zero-order valence-corrected chi connectivity index (χ0v) is 13.3. The molecule has 0 bridgehead atoms. The summed E-state index contributed by atoms with van der Waals surface area (Å²) in [6, 6.07) is 8.85. The zero-order chi connectivity index (χ0) is 16.7. The molecule has 0 spiro atoms. The second kappa shape index (κ2) is 8.82. The lowest BCUT2D eigenvalue weighted by Gasteiger charge is -2.31. The Morgan fingerprint density at radius 2 is 1.83 bits per heavy atom. The fraction of sp³-hybridized carbons (Fsp3) is 0.588. The van der Waals surface area contributed by atoms with E-state index in [1.165, 1.54) is 6.92 Å². The van der Waals surface area contributed by atoms with Crippen molar-refractivity contribution in [1.29, 1.82) is 0 Å². The Morgan fingerprint density at radius 1 is 1.22 bits per heavy atom. The minimum Gasteiger partial charge on any atom is -0.445 e. The van der Waals surface area contributed by atoms with Crippen LogP contribution in [0, 0.1) is 0 Å². The smallest absolute Gasteiger partial charge is 0.407 e. The third-order valence-corrected chi connectivity index (χ3v) is 4.14. The summed E-state index contributed by atoms with van der Waals surface area (Å²) in [5.74, 6) is 0. The number of alkyl halides is 2. The highest BCUT2D eigenvalue weighted by Gasteiger charge is 2.25. The Morgan fingerprint density at radius 3 is 2.43 bits per heavy atom. The average Bonchev–Trinajstić information content (AvgIpc) is 2.55. The molecular formula is C17H28F2N2O2. The minimum atomic E-state index is -2.35. The van der Waals surface area contributed by atoms with Gasteiger partial charge in [0.05, 0.1) is 6.04 Å². The van der Waals surface area contributed by atoms with Crippen molar-refractivity contribution >= 4 is 6.09 Å². The molecule has 1 aliphatic rings. The Balaban J connectivity index is 0.00000288. The van der Waals surface area contributed by atoms with Crippen LogP contribution >= 0.6 is 0 Å². The number of rotatable bonds is 6. The van der Waals surface area contributed by atoms with Crippen LogP contribution in [-0.2, 0) is 11.3 Å². The monoisotopic (exact) mass is 330 g/mol. The van der Waals surface area contributed by atoms with Crippen molar-refractivity contribution in [2.75, 3.05) is 0 Å². The average molecular weight is 330 g/mol. The van der Waals surface area contributed by atoms with E-state index in [0.717, 1.165) is 31.2 Å². The highest BCUT2D eigenvalue weighted by molar-refractivity contribution is 5.67. The topological polar surface area (TPSA) is 50.4 Å². The van der Waals surface area contributed by atoms with Crippen LogP contribution in [0.25, 0.3) is 0 Å². The van der Waals surface area contributed by atoms with Crippen molar-refractivity contribution in [2.24, 2.45) is 0 Å². The Labute approximate surface area is 138 Å². The summed E-state index contributed by atoms with van der Waals surface area (Å²) in [6.07, 6.45) is 0.328. The van der Waals surface area contributed by atoms with Gasteiger partial charge in [-0.3, -0.25) is 0 Å². The van der Waals surface area contributed by atoms with Crippen molar-refractivity contribution in [3.8, 4) is 0 Å². The van der Waals surface area contributed by atoms with Gasteiger partial charge in [0.15, 0.2) is 0 Å². The summed E-state index contributed by atoms with van der Waals surface area (Å²) >= 11 is 0. The summed E-state index contributed by atoms with van der Waals surface area (Å²) < 4.78 is 30.2. The molecule has 1 fully saturated rings. The maximum Gasteiger partial charge on any atom is 0.407 e. The van der Waals surface area contributed by atoms with Gasteiger partial charge in [-0.05, 0) is 38.2 Å². The molecule has 132 valence electrons. The van der Waals surface area contributed by atoms with Crippen LogP contribution in [-0.4, -0.2) is 30.6 Å². The van der Waals surface area contributed by atoms with Crippen LogP contribution < -0.4 is 10.6 Å².